The fraction of sp³-hybridized carbons (Fsp3) is 0.875. The molecule has 0 N–H and O–H groups in total. The van der Waals surface area contributed by atoms with Gasteiger partial charge in [0.05, 0.1) is 12.0 Å². The van der Waals surface area contributed by atoms with Crippen molar-refractivity contribution < 1.29 is 9.53 Å². The van der Waals surface area contributed by atoms with E-state index in [1.54, 1.807) is 0 Å². The Labute approximate surface area is 73.7 Å². The van der Waals surface area contributed by atoms with Crippen LogP contribution < -0.4 is 0 Å². The number of rotatable bonds is 3. The van der Waals surface area contributed by atoms with E-state index < -0.39 is 0 Å². The van der Waals surface area contributed by atoms with Crippen molar-refractivity contribution in [1.29, 1.82) is 0 Å². The van der Waals surface area contributed by atoms with Crippen molar-refractivity contribution in [3.05, 3.63) is 0 Å². The van der Waals surface area contributed by atoms with Crippen molar-refractivity contribution in [2.45, 2.75) is 27.2 Å². The van der Waals surface area contributed by atoms with Crippen LogP contribution in [0.1, 0.15) is 27.2 Å². The molecule has 0 bridgehead atoms. The number of thiol groups is 1. The summed E-state index contributed by atoms with van der Waals surface area (Å²) in [6.45, 7) is 6.02. The number of carbonyl (C=O) groups excluding carboxylic acids is 1. The second-order valence-corrected chi connectivity index (χ2v) is 3.91. The van der Waals surface area contributed by atoms with Crippen LogP contribution in [-0.2, 0) is 9.53 Å². The molecule has 0 fully saturated rings. The quantitative estimate of drug-likeness (QED) is 0.404. The summed E-state index contributed by atoms with van der Waals surface area (Å²) in [4.78, 5) is 11.1. The fourth-order valence-corrected chi connectivity index (χ4v) is 0.575. The third-order valence-electron chi connectivity index (χ3n) is 1.15. The maximum Gasteiger partial charge on any atom is 0.311 e. The molecule has 0 heterocycles. The summed E-state index contributed by atoms with van der Waals surface area (Å²) in [6.07, 6.45) is 0.824. The minimum absolute atomic E-state index is 0.140. The Balaban J connectivity index is 3.54. The van der Waals surface area contributed by atoms with E-state index in [-0.39, 0.29) is 11.4 Å². The molecule has 0 rings (SSSR count). The van der Waals surface area contributed by atoms with Gasteiger partial charge in [0.1, 0.15) is 0 Å². The van der Waals surface area contributed by atoms with Gasteiger partial charge in [-0.25, -0.2) is 0 Å². The first-order valence-electron chi connectivity index (χ1n) is 3.76. The molecule has 0 aromatic rings. The molecule has 0 aromatic carbocycles. The molecule has 0 saturated heterocycles. The average molecular weight is 176 g/mol. The SMILES string of the molecule is CC(C)(C)C(=O)OCCCS. The maximum atomic E-state index is 11.1. The van der Waals surface area contributed by atoms with E-state index in [9.17, 15) is 4.79 Å². The summed E-state index contributed by atoms with van der Waals surface area (Å²) >= 11 is 4.00. The second-order valence-electron chi connectivity index (χ2n) is 3.46. The van der Waals surface area contributed by atoms with Crippen molar-refractivity contribution in [1.82, 2.24) is 0 Å². The van der Waals surface area contributed by atoms with Gasteiger partial charge < -0.3 is 4.74 Å². The van der Waals surface area contributed by atoms with Crippen LogP contribution in [0.5, 0.6) is 0 Å². The molecule has 2 nitrogen and oxygen atoms in total. The molecule has 0 aromatic heterocycles. The molecule has 0 atom stereocenters. The molecule has 0 aliphatic carbocycles. The van der Waals surface area contributed by atoms with Gasteiger partial charge in [-0.3, -0.25) is 4.79 Å². The normalized spacial score (nSPS) is 11.3. The lowest BCUT2D eigenvalue weighted by atomic mass is 9.97. The lowest BCUT2D eigenvalue weighted by Crippen LogP contribution is -2.23. The summed E-state index contributed by atoms with van der Waals surface area (Å²) in [6, 6.07) is 0. The van der Waals surface area contributed by atoms with Crippen LogP contribution in [0.3, 0.4) is 0 Å². The van der Waals surface area contributed by atoms with E-state index in [1.165, 1.54) is 0 Å². The topological polar surface area (TPSA) is 26.3 Å². The van der Waals surface area contributed by atoms with Gasteiger partial charge >= 0.3 is 5.97 Å². The molecule has 0 saturated carbocycles. The molecule has 0 aliphatic rings. The van der Waals surface area contributed by atoms with Gasteiger partial charge in [0.25, 0.3) is 0 Å². The molecule has 0 amide bonds. The van der Waals surface area contributed by atoms with Crippen molar-refractivity contribution in [3.63, 3.8) is 0 Å². The van der Waals surface area contributed by atoms with Crippen molar-refractivity contribution in [2.75, 3.05) is 12.4 Å². The highest BCUT2D eigenvalue weighted by Gasteiger charge is 2.22. The van der Waals surface area contributed by atoms with E-state index in [2.05, 4.69) is 12.6 Å². The molecule has 66 valence electrons. The Kier molecular flexibility index (Phi) is 4.57. The van der Waals surface area contributed by atoms with Gasteiger partial charge in [-0.1, -0.05) is 0 Å². The monoisotopic (exact) mass is 176 g/mol. The third kappa shape index (κ3) is 5.13. The van der Waals surface area contributed by atoms with Gasteiger partial charge in [-0.05, 0) is 32.9 Å². The standard InChI is InChI=1S/C8H16O2S/c1-8(2,3)7(9)10-5-4-6-11/h11H,4-6H2,1-3H3. The highest BCUT2D eigenvalue weighted by atomic mass is 32.1. The predicted octanol–water partition coefficient (Wildman–Crippen LogP) is 1.90. The summed E-state index contributed by atoms with van der Waals surface area (Å²) in [5.41, 5.74) is -0.378. The van der Waals surface area contributed by atoms with Gasteiger partial charge in [-0.2, -0.15) is 12.6 Å². The van der Waals surface area contributed by atoms with Crippen LogP contribution in [0, 0.1) is 5.41 Å². The van der Waals surface area contributed by atoms with E-state index in [0.717, 1.165) is 12.2 Å². The molecule has 0 spiro atoms. The number of esters is 1. The highest BCUT2D eigenvalue weighted by Crippen LogP contribution is 2.14. The van der Waals surface area contributed by atoms with Crippen LogP contribution in [0.4, 0.5) is 0 Å². The number of hydrogen-bond acceptors (Lipinski definition) is 3. The first kappa shape index (κ1) is 10.8. The Bertz CT molecular complexity index is 127. The van der Waals surface area contributed by atoms with E-state index >= 15 is 0 Å². The van der Waals surface area contributed by atoms with E-state index in [0.29, 0.717) is 6.61 Å². The lowest BCUT2D eigenvalue weighted by molar-refractivity contribution is -0.152. The zero-order valence-electron chi connectivity index (χ0n) is 7.39. The molecular weight excluding hydrogens is 160 g/mol. The zero-order valence-corrected chi connectivity index (χ0v) is 8.28. The predicted molar refractivity (Wildman–Crippen MR) is 48.9 cm³/mol. The lowest BCUT2D eigenvalue weighted by Gasteiger charge is -2.15. The molecule has 0 radical (unpaired) electrons. The fourth-order valence-electron chi connectivity index (χ4n) is 0.446. The molecule has 0 aliphatic heterocycles. The minimum atomic E-state index is -0.378. The molecule has 3 heteroatoms. The van der Waals surface area contributed by atoms with Crippen molar-refractivity contribution in [2.24, 2.45) is 5.41 Å². The van der Waals surface area contributed by atoms with E-state index in [1.807, 2.05) is 20.8 Å². The molecule has 11 heavy (non-hydrogen) atoms. The maximum absolute atomic E-state index is 11.1. The number of hydrogen-bond donors (Lipinski definition) is 1. The van der Waals surface area contributed by atoms with Gasteiger partial charge in [0.15, 0.2) is 0 Å². The Morgan fingerprint density at radius 3 is 2.36 bits per heavy atom. The average Bonchev–Trinajstić information content (AvgIpc) is 1.86. The Hall–Kier alpha value is -0.180. The third-order valence-corrected chi connectivity index (χ3v) is 1.46. The smallest absolute Gasteiger partial charge is 0.311 e. The molecular formula is C8H16O2S. The van der Waals surface area contributed by atoms with Crippen LogP contribution >= 0.6 is 12.6 Å². The number of carbonyl (C=O) groups is 1. The minimum Gasteiger partial charge on any atom is -0.465 e. The Morgan fingerprint density at radius 2 is 2.00 bits per heavy atom. The second kappa shape index (κ2) is 4.65. The summed E-state index contributed by atoms with van der Waals surface area (Å²) < 4.78 is 4.96. The van der Waals surface area contributed by atoms with Crippen molar-refractivity contribution >= 4 is 18.6 Å². The van der Waals surface area contributed by atoms with Crippen LogP contribution in [0.25, 0.3) is 0 Å². The number of ether oxygens (including phenoxy) is 1. The summed E-state index contributed by atoms with van der Waals surface area (Å²) in [5.74, 6) is 0.622. The Morgan fingerprint density at radius 1 is 1.45 bits per heavy atom. The van der Waals surface area contributed by atoms with Gasteiger partial charge in [-0.15, -0.1) is 0 Å². The molecule has 0 unspecified atom stereocenters. The first-order chi connectivity index (χ1) is 4.98. The van der Waals surface area contributed by atoms with E-state index in [4.69, 9.17) is 4.74 Å². The van der Waals surface area contributed by atoms with Crippen LogP contribution in [0.15, 0.2) is 0 Å². The zero-order chi connectivity index (χ0) is 8.91. The summed E-state index contributed by atoms with van der Waals surface area (Å²) in [7, 11) is 0. The largest absolute Gasteiger partial charge is 0.465 e. The van der Waals surface area contributed by atoms with Crippen molar-refractivity contribution in [3.8, 4) is 0 Å². The van der Waals surface area contributed by atoms with Gasteiger partial charge in [0.2, 0.25) is 0 Å². The van der Waals surface area contributed by atoms with Crippen LogP contribution in [-0.4, -0.2) is 18.3 Å². The summed E-state index contributed by atoms with van der Waals surface area (Å²) in [5, 5.41) is 0. The van der Waals surface area contributed by atoms with Crippen LogP contribution in [0.2, 0.25) is 0 Å². The first-order valence-corrected chi connectivity index (χ1v) is 4.40. The highest BCUT2D eigenvalue weighted by molar-refractivity contribution is 7.80. The van der Waals surface area contributed by atoms with Gasteiger partial charge in [0, 0.05) is 0 Å².